The summed E-state index contributed by atoms with van der Waals surface area (Å²) < 4.78 is 16.4. The van der Waals surface area contributed by atoms with E-state index in [1.165, 1.54) is 0 Å². The van der Waals surface area contributed by atoms with Crippen LogP contribution >= 0.6 is 0 Å². The summed E-state index contributed by atoms with van der Waals surface area (Å²) in [5, 5.41) is 1.90. The summed E-state index contributed by atoms with van der Waals surface area (Å²) in [5.74, 6) is 1.89. The monoisotopic (exact) mass is 376 g/mol. The summed E-state index contributed by atoms with van der Waals surface area (Å²) in [6.07, 6.45) is 2.22. The molecule has 0 saturated carbocycles. The van der Waals surface area contributed by atoms with Gasteiger partial charge in [0.05, 0.1) is 12.7 Å². The van der Waals surface area contributed by atoms with Gasteiger partial charge in [-0.2, -0.15) is 0 Å². The molecule has 2 heterocycles. The average Bonchev–Trinajstić information content (AvgIpc) is 2.97. The first-order valence-electron chi connectivity index (χ1n) is 9.37. The normalized spacial score (nSPS) is 18.0. The molecule has 0 radical (unpaired) electrons. The van der Waals surface area contributed by atoms with Crippen LogP contribution in [0.4, 0.5) is 4.79 Å². The lowest BCUT2D eigenvalue weighted by Crippen LogP contribution is -2.48. The Kier molecular flexibility index (Phi) is 5.60. The zero-order valence-electron chi connectivity index (χ0n) is 16.5. The minimum absolute atomic E-state index is 0.0188. The second-order valence-electron chi connectivity index (χ2n) is 8.08. The lowest BCUT2D eigenvalue weighted by molar-refractivity contribution is 0.0264. The molecule has 0 aliphatic carbocycles. The first kappa shape index (κ1) is 19.5. The smallest absolute Gasteiger partial charge is 0.422 e. The van der Waals surface area contributed by atoms with Crippen molar-refractivity contribution in [1.29, 1.82) is 0 Å². The minimum atomic E-state index is -0.510. The van der Waals surface area contributed by atoms with Crippen LogP contribution in [-0.2, 0) is 11.2 Å². The molecule has 1 aromatic rings. The Morgan fingerprint density at radius 1 is 1.30 bits per heavy atom. The van der Waals surface area contributed by atoms with E-state index in [9.17, 15) is 9.59 Å². The Hall–Kier alpha value is -2.28. The van der Waals surface area contributed by atoms with Gasteiger partial charge in [0, 0.05) is 18.7 Å². The van der Waals surface area contributed by atoms with Gasteiger partial charge in [-0.1, -0.05) is 0 Å². The topological polar surface area (TPSA) is 77.1 Å². The number of ether oxygens (including phenoxy) is 3. The Bertz CT molecular complexity index is 718. The number of carbonyl (C=O) groups excluding carboxylic acids is 2. The SMILES string of the molecule is COc1ccc2c(c1CC1CCN(NC(=O)OC(C)(C)C)CC1)OCC2=O. The molecule has 3 rings (SSSR count). The number of fused-ring (bicyclic) bond motifs is 1. The number of nitrogens with zero attached hydrogens (tertiary/aromatic N) is 1. The second kappa shape index (κ2) is 7.76. The molecule has 0 bridgehead atoms. The molecule has 148 valence electrons. The fourth-order valence-corrected chi connectivity index (χ4v) is 3.56. The molecule has 1 N–H and O–H groups in total. The lowest BCUT2D eigenvalue weighted by atomic mass is 9.89. The number of benzene rings is 1. The first-order valence-corrected chi connectivity index (χ1v) is 9.37. The lowest BCUT2D eigenvalue weighted by Gasteiger charge is -2.33. The van der Waals surface area contributed by atoms with E-state index in [0.29, 0.717) is 17.2 Å². The van der Waals surface area contributed by atoms with Crippen LogP contribution in [0.25, 0.3) is 0 Å². The highest BCUT2D eigenvalue weighted by molar-refractivity contribution is 6.03. The van der Waals surface area contributed by atoms with Crippen molar-refractivity contribution in [1.82, 2.24) is 10.4 Å². The summed E-state index contributed by atoms with van der Waals surface area (Å²) in [5.41, 5.74) is 3.92. The van der Waals surface area contributed by atoms with Crippen LogP contribution in [0, 0.1) is 5.92 Å². The van der Waals surface area contributed by atoms with E-state index in [2.05, 4.69) is 5.43 Å². The molecular weight excluding hydrogens is 348 g/mol. The van der Waals surface area contributed by atoms with Crippen LogP contribution in [-0.4, -0.2) is 49.3 Å². The Morgan fingerprint density at radius 2 is 2.00 bits per heavy atom. The molecule has 7 nitrogen and oxygen atoms in total. The van der Waals surface area contributed by atoms with Crippen molar-refractivity contribution in [3.05, 3.63) is 23.3 Å². The Balaban J connectivity index is 1.59. The number of piperidine rings is 1. The van der Waals surface area contributed by atoms with Crippen molar-refractivity contribution in [2.45, 2.75) is 45.6 Å². The van der Waals surface area contributed by atoms with Gasteiger partial charge in [-0.15, -0.1) is 0 Å². The van der Waals surface area contributed by atoms with Crippen LogP contribution in [0.15, 0.2) is 12.1 Å². The van der Waals surface area contributed by atoms with E-state index in [0.717, 1.165) is 43.7 Å². The summed E-state index contributed by atoms with van der Waals surface area (Å²) in [4.78, 5) is 23.8. The number of amides is 1. The second-order valence-corrected chi connectivity index (χ2v) is 8.08. The predicted octanol–water partition coefficient (Wildman–Crippen LogP) is 2.96. The molecule has 1 aromatic carbocycles. The van der Waals surface area contributed by atoms with Crippen molar-refractivity contribution >= 4 is 11.9 Å². The van der Waals surface area contributed by atoms with Gasteiger partial charge in [0.1, 0.15) is 17.1 Å². The van der Waals surface area contributed by atoms with Crippen LogP contribution < -0.4 is 14.9 Å². The third-order valence-electron chi connectivity index (χ3n) is 4.84. The van der Waals surface area contributed by atoms with Gasteiger partial charge in [0.15, 0.2) is 6.61 Å². The van der Waals surface area contributed by atoms with Gasteiger partial charge in [0.25, 0.3) is 0 Å². The molecule has 0 atom stereocenters. The van der Waals surface area contributed by atoms with E-state index in [1.54, 1.807) is 13.2 Å². The van der Waals surface area contributed by atoms with Gasteiger partial charge < -0.3 is 14.2 Å². The highest BCUT2D eigenvalue weighted by atomic mass is 16.6. The first-order chi connectivity index (χ1) is 12.8. The number of nitrogens with one attached hydrogen (secondary N) is 1. The fourth-order valence-electron chi connectivity index (χ4n) is 3.56. The number of rotatable bonds is 4. The quantitative estimate of drug-likeness (QED) is 0.871. The van der Waals surface area contributed by atoms with Gasteiger partial charge >= 0.3 is 6.09 Å². The maximum atomic E-state index is 11.9. The molecular formula is C20H28N2O5. The third-order valence-corrected chi connectivity index (χ3v) is 4.84. The maximum Gasteiger partial charge on any atom is 0.422 e. The number of hydrogen-bond donors (Lipinski definition) is 1. The van der Waals surface area contributed by atoms with Crippen LogP contribution in [0.3, 0.4) is 0 Å². The maximum absolute atomic E-state index is 11.9. The molecule has 7 heteroatoms. The minimum Gasteiger partial charge on any atom is -0.496 e. The number of hydrogen-bond acceptors (Lipinski definition) is 6. The van der Waals surface area contributed by atoms with Crippen LogP contribution in [0.2, 0.25) is 0 Å². The van der Waals surface area contributed by atoms with E-state index < -0.39 is 11.7 Å². The third kappa shape index (κ3) is 4.71. The largest absolute Gasteiger partial charge is 0.496 e. The Labute approximate surface area is 159 Å². The standard InChI is InChI=1S/C20H28N2O5/c1-20(2,3)27-19(24)21-22-9-7-13(8-10-22)11-15-17(25-4)6-5-14-16(23)12-26-18(14)15/h5-6,13H,7-12H2,1-4H3,(H,21,24). The van der Waals surface area contributed by atoms with E-state index in [1.807, 2.05) is 31.8 Å². The van der Waals surface area contributed by atoms with E-state index in [-0.39, 0.29) is 12.4 Å². The molecule has 2 aliphatic rings. The van der Waals surface area contributed by atoms with Crippen molar-refractivity contribution in [3.8, 4) is 11.5 Å². The Morgan fingerprint density at radius 3 is 2.63 bits per heavy atom. The van der Waals surface area contributed by atoms with Crippen LogP contribution in [0.5, 0.6) is 11.5 Å². The molecule has 0 spiro atoms. The summed E-state index contributed by atoms with van der Waals surface area (Å²) in [6.45, 7) is 7.14. The van der Waals surface area contributed by atoms with Crippen molar-refractivity contribution in [3.63, 3.8) is 0 Å². The number of carbonyl (C=O) groups is 2. The zero-order valence-corrected chi connectivity index (χ0v) is 16.5. The summed E-state index contributed by atoms with van der Waals surface area (Å²) in [6, 6.07) is 3.63. The molecule has 0 aromatic heterocycles. The van der Waals surface area contributed by atoms with E-state index in [4.69, 9.17) is 14.2 Å². The number of Topliss-reactive ketones (excluding diaryl/α,β-unsaturated/α-hetero) is 1. The molecule has 2 aliphatic heterocycles. The van der Waals surface area contributed by atoms with Crippen molar-refractivity contribution in [2.24, 2.45) is 5.92 Å². The number of methoxy groups -OCH3 is 1. The molecule has 1 amide bonds. The van der Waals surface area contributed by atoms with E-state index >= 15 is 0 Å². The predicted molar refractivity (Wildman–Crippen MR) is 100 cm³/mol. The van der Waals surface area contributed by atoms with Crippen LogP contribution in [0.1, 0.15) is 49.5 Å². The summed E-state index contributed by atoms with van der Waals surface area (Å²) in [7, 11) is 1.63. The highest BCUT2D eigenvalue weighted by Gasteiger charge is 2.29. The number of hydrazine groups is 1. The van der Waals surface area contributed by atoms with Gasteiger partial charge in [0.2, 0.25) is 5.78 Å². The van der Waals surface area contributed by atoms with Gasteiger partial charge in [-0.05, 0) is 58.1 Å². The average molecular weight is 376 g/mol. The molecule has 0 unspecified atom stereocenters. The van der Waals surface area contributed by atoms with Crippen molar-refractivity contribution < 1.29 is 23.8 Å². The van der Waals surface area contributed by atoms with Gasteiger partial charge in [-0.3, -0.25) is 10.2 Å². The fraction of sp³-hybridized carbons (Fsp3) is 0.600. The highest BCUT2D eigenvalue weighted by Crippen LogP contribution is 2.38. The van der Waals surface area contributed by atoms with Crippen molar-refractivity contribution in [2.75, 3.05) is 26.8 Å². The summed E-state index contributed by atoms with van der Waals surface area (Å²) >= 11 is 0. The molecule has 1 saturated heterocycles. The zero-order chi connectivity index (χ0) is 19.6. The number of ketones is 1. The molecule has 1 fully saturated rings. The molecule has 27 heavy (non-hydrogen) atoms. The van der Waals surface area contributed by atoms with Gasteiger partial charge in [-0.25, -0.2) is 9.80 Å².